The molecule has 0 radical (unpaired) electrons. The predicted molar refractivity (Wildman–Crippen MR) is 86.7 cm³/mol. The molecule has 0 bridgehead atoms. The molecule has 6 unspecified atom stereocenters. The first-order chi connectivity index (χ1) is 11.0. The van der Waals surface area contributed by atoms with E-state index in [0.717, 1.165) is 19.3 Å². The summed E-state index contributed by atoms with van der Waals surface area (Å²) in [5.41, 5.74) is 1.30. The smallest absolute Gasteiger partial charge is 0.854 e. The molecule has 128 valence electrons. The molecule has 4 heteroatoms. The number of carbonyl (C=O) groups is 1. The van der Waals surface area contributed by atoms with Crippen molar-refractivity contribution in [3.8, 4) is 0 Å². The van der Waals surface area contributed by atoms with Crippen molar-refractivity contribution in [3.05, 3.63) is 11.6 Å². The summed E-state index contributed by atoms with van der Waals surface area (Å²) in [7, 11) is 1.86. The summed E-state index contributed by atoms with van der Waals surface area (Å²) in [6, 6.07) is 0. The summed E-state index contributed by atoms with van der Waals surface area (Å²) in [5.74, 6) is 2.10. The Bertz CT molecular complexity index is 545. The van der Waals surface area contributed by atoms with Gasteiger partial charge in [0.15, 0.2) is 5.78 Å². The summed E-state index contributed by atoms with van der Waals surface area (Å²) < 4.78 is 5.82. The minimum Gasteiger partial charge on any atom is -0.854 e. The Morgan fingerprint density at radius 2 is 1.96 bits per heavy atom. The van der Waals surface area contributed by atoms with E-state index >= 15 is 0 Å². The minimum atomic E-state index is -0.205. The van der Waals surface area contributed by atoms with Crippen LogP contribution in [0.25, 0.3) is 0 Å². The van der Waals surface area contributed by atoms with Gasteiger partial charge in [0.1, 0.15) is 0 Å². The SMILES string of the molecule is COC1CCC2C3CCC4=CC(=O)CCC4(C[O-])C3CCC12C.[Rb+]. The maximum Gasteiger partial charge on any atom is 1.00 e. The first-order valence-electron chi connectivity index (χ1n) is 9.40. The van der Waals surface area contributed by atoms with Crippen LogP contribution >= 0.6 is 0 Å². The molecule has 0 heterocycles. The molecule has 3 saturated carbocycles. The average Bonchev–Trinajstić information content (AvgIpc) is 2.90. The molecule has 0 aromatic carbocycles. The zero-order valence-electron chi connectivity index (χ0n) is 15.5. The van der Waals surface area contributed by atoms with Crippen LogP contribution in [0.4, 0.5) is 0 Å². The fourth-order valence-electron chi connectivity index (χ4n) is 6.97. The van der Waals surface area contributed by atoms with Crippen LogP contribution in [0.2, 0.25) is 0 Å². The van der Waals surface area contributed by atoms with Crippen molar-refractivity contribution in [2.45, 2.75) is 64.4 Å². The second-order valence-corrected chi connectivity index (χ2v) is 8.70. The summed E-state index contributed by atoms with van der Waals surface area (Å²) >= 11 is 0. The first kappa shape index (κ1) is 19.9. The second-order valence-electron chi connectivity index (χ2n) is 8.70. The number of rotatable bonds is 2. The fourth-order valence-corrected chi connectivity index (χ4v) is 6.97. The summed E-state index contributed by atoms with van der Waals surface area (Å²) in [5, 5.41) is 12.3. The van der Waals surface area contributed by atoms with Gasteiger partial charge in [-0.3, -0.25) is 4.79 Å². The van der Waals surface area contributed by atoms with Crippen LogP contribution in [0.1, 0.15) is 58.3 Å². The van der Waals surface area contributed by atoms with E-state index in [4.69, 9.17) is 4.74 Å². The van der Waals surface area contributed by atoms with Crippen molar-refractivity contribution < 1.29 is 72.8 Å². The molecular formula is C20H29O3Rb. The van der Waals surface area contributed by atoms with Crippen LogP contribution in [0.15, 0.2) is 11.6 Å². The number of fused-ring (bicyclic) bond motifs is 5. The molecule has 6 atom stereocenters. The van der Waals surface area contributed by atoms with E-state index in [2.05, 4.69) is 6.92 Å². The molecule has 0 amide bonds. The van der Waals surface area contributed by atoms with E-state index in [0.29, 0.717) is 35.7 Å². The molecule has 0 aliphatic heterocycles. The molecule has 0 N–H and O–H groups in total. The third-order valence-corrected chi connectivity index (χ3v) is 8.14. The van der Waals surface area contributed by atoms with Gasteiger partial charge in [-0.25, -0.2) is 0 Å². The Hall–Kier alpha value is 1.14. The van der Waals surface area contributed by atoms with Crippen LogP contribution in [0.3, 0.4) is 0 Å². The van der Waals surface area contributed by atoms with Gasteiger partial charge in [0.05, 0.1) is 6.10 Å². The predicted octanol–water partition coefficient (Wildman–Crippen LogP) is -0.122. The van der Waals surface area contributed by atoms with E-state index in [1.54, 1.807) is 0 Å². The Labute approximate surface area is 194 Å². The van der Waals surface area contributed by atoms with Gasteiger partial charge in [0.2, 0.25) is 0 Å². The molecular weight excluding hydrogens is 374 g/mol. The van der Waals surface area contributed by atoms with Crippen molar-refractivity contribution in [1.82, 2.24) is 0 Å². The molecule has 3 fully saturated rings. The maximum absolute atomic E-state index is 12.3. The molecule has 3 nitrogen and oxygen atoms in total. The van der Waals surface area contributed by atoms with Gasteiger partial charge < -0.3 is 9.84 Å². The third-order valence-electron chi connectivity index (χ3n) is 8.14. The molecule has 0 spiro atoms. The quantitative estimate of drug-likeness (QED) is 0.647. The van der Waals surface area contributed by atoms with Gasteiger partial charge in [-0.15, -0.1) is 6.61 Å². The van der Waals surface area contributed by atoms with Gasteiger partial charge >= 0.3 is 58.2 Å². The molecule has 0 aromatic rings. The topological polar surface area (TPSA) is 49.4 Å². The average molecular weight is 403 g/mol. The van der Waals surface area contributed by atoms with Crippen molar-refractivity contribution >= 4 is 5.78 Å². The molecule has 0 aromatic heterocycles. The molecule has 4 aliphatic rings. The normalized spacial score (nSPS) is 47.1. The number of hydrogen-bond donors (Lipinski definition) is 0. The van der Waals surface area contributed by atoms with Gasteiger partial charge in [-0.2, -0.15) is 0 Å². The Kier molecular flexibility index (Phi) is 6.03. The van der Waals surface area contributed by atoms with E-state index in [1.165, 1.54) is 31.3 Å². The van der Waals surface area contributed by atoms with Crippen molar-refractivity contribution in [1.29, 1.82) is 0 Å². The van der Waals surface area contributed by atoms with Gasteiger partial charge in [0.25, 0.3) is 0 Å². The minimum absolute atomic E-state index is 0. The number of hydrogen-bond acceptors (Lipinski definition) is 3. The van der Waals surface area contributed by atoms with Gasteiger partial charge in [0, 0.05) is 13.5 Å². The Morgan fingerprint density at radius 1 is 1.17 bits per heavy atom. The number of methoxy groups -OCH3 is 1. The number of ketones is 1. The zero-order valence-corrected chi connectivity index (χ0v) is 20.4. The van der Waals surface area contributed by atoms with Crippen molar-refractivity contribution in [2.75, 3.05) is 13.7 Å². The first-order valence-corrected chi connectivity index (χ1v) is 9.40. The monoisotopic (exact) mass is 402 g/mol. The second kappa shape index (κ2) is 7.28. The molecule has 4 rings (SSSR count). The zero-order chi connectivity index (χ0) is 16.2. The standard InChI is InChI=1S/C20H29O3.Rb/c1-19-9-8-17-15(16(19)5-6-18(19)23-2)4-3-13-11-14(22)7-10-20(13,17)12-21;/h11,15-18H,3-10,12H2,1-2H3;/q-1;+1. The van der Waals surface area contributed by atoms with Crippen LogP contribution in [0.5, 0.6) is 0 Å². The number of ether oxygens (including phenoxy) is 1. The Balaban J connectivity index is 0.00000169. The third kappa shape index (κ3) is 2.76. The van der Waals surface area contributed by atoms with Crippen LogP contribution in [-0.4, -0.2) is 25.6 Å². The summed E-state index contributed by atoms with van der Waals surface area (Å²) in [6.07, 6.45) is 10.5. The Morgan fingerprint density at radius 3 is 2.67 bits per heavy atom. The van der Waals surface area contributed by atoms with Crippen LogP contribution < -0.4 is 63.3 Å². The van der Waals surface area contributed by atoms with E-state index in [-0.39, 0.29) is 76.0 Å². The molecule has 4 aliphatic carbocycles. The van der Waals surface area contributed by atoms with Gasteiger partial charge in [-0.1, -0.05) is 12.5 Å². The summed E-state index contributed by atoms with van der Waals surface area (Å²) in [6.45, 7) is 2.40. The summed E-state index contributed by atoms with van der Waals surface area (Å²) in [4.78, 5) is 11.9. The van der Waals surface area contributed by atoms with Crippen LogP contribution in [0, 0.1) is 28.6 Å². The van der Waals surface area contributed by atoms with Gasteiger partial charge in [-0.05, 0) is 79.6 Å². The van der Waals surface area contributed by atoms with E-state index < -0.39 is 0 Å². The molecule has 24 heavy (non-hydrogen) atoms. The maximum atomic E-state index is 12.3. The van der Waals surface area contributed by atoms with E-state index in [9.17, 15) is 9.90 Å². The largest absolute Gasteiger partial charge is 1.00 e. The van der Waals surface area contributed by atoms with Crippen molar-refractivity contribution in [2.24, 2.45) is 28.6 Å². The van der Waals surface area contributed by atoms with Crippen molar-refractivity contribution in [3.63, 3.8) is 0 Å². The molecule has 0 saturated heterocycles. The van der Waals surface area contributed by atoms with E-state index in [1.807, 2.05) is 13.2 Å². The fraction of sp³-hybridized carbons (Fsp3) is 0.850. The van der Waals surface area contributed by atoms with Crippen LogP contribution in [-0.2, 0) is 9.53 Å². The number of carbonyl (C=O) groups excluding carboxylic acids is 1.